The standard InChI is InChI=1S/C13H11NO2/c1-9(2)13(16)14-7-10(8-15)11-5-3-4-6-12(11)14/h3-8H,1H2,2H3. The van der Waals surface area contributed by atoms with Crippen LogP contribution in [0.5, 0.6) is 0 Å². The molecule has 0 amide bonds. The van der Waals surface area contributed by atoms with E-state index in [1.807, 2.05) is 24.3 Å². The first-order valence-electron chi connectivity index (χ1n) is 4.90. The number of hydrogen-bond acceptors (Lipinski definition) is 2. The van der Waals surface area contributed by atoms with E-state index in [1.54, 1.807) is 13.1 Å². The van der Waals surface area contributed by atoms with Crippen LogP contribution in [0.15, 0.2) is 42.6 Å². The molecule has 1 aromatic carbocycles. The van der Waals surface area contributed by atoms with Crippen molar-refractivity contribution in [2.45, 2.75) is 6.92 Å². The van der Waals surface area contributed by atoms with Gasteiger partial charge in [0, 0.05) is 22.7 Å². The van der Waals surface area contributed by atoms with Gasteiger partial charge in [-0.05, 0) is 13.0 Å². The minimum absolute atomic E-state index is 0.190. The van der Waals surface area contributed by atoms with E-state index in [4.69, 9.17) is 0 Å². The summed E-state index contributed by atoms with van der Waals surface area (Å²) in [7, 11) is 0. The summed E-state index contributed by atoms with van der Waals surface area (Å²) in [6.07, 6.45) is 2.30. The minimum atomic E-state index is -0.190. The van der Waals surface area contributed by atoms with Crippen molar-refractivity contribution in [3.8, 4) is 0 Å². The summed E-state index contributed by atoms with van der Waals surface area (Å²) in [5.74, 6) is -0.190. The van der Waals surface area contributed by atoms with Gasteiger partial charge in [0.25, 0.3) is 5.91 Å². The van der Waals surface area contributed by atoms with E-state index in [-0.39, 0.29) is 5.91 Å². The number of para-hydroxylation sites is 1. The molecule has 0 spiro atoms. The monoisotopic (exact) mass is 213 g/mol. The molecule has 1 aromatic heterocycles. The van der Waals surface area contributed by atoms with E-state index in [0.29, 0.717) is 11.1 Å². The largest absolute Gasteiger partial charge is 0.298 e. The molecule has 1 heterocycles. The third-order valence-electron chi connectivity index (χ3n) is 2.45. The molecule has 0 radical (unpaired) electrons. The number of benzene rings is 1. The van der Waals surface area contributed by atoms with E-state index >= 15 is 0 Å². The third kappa shape index (κ3) is 1.46. The van der Waals surface area contributed by atoms with Gasteiger partial charge in [0.1, 0.15) is 0 Å². The molecule has 0 aliphatic carbocycles. The Labute approximate surface area is 93.0 Å². The Morgan fingerprint density at radius 2 is 2.06 bits per heavy atom. The molecule has 2 rings (SSSR count). The van der Waals surface area contributed by atoms with Crippen molar-refractivity contribution >= 4 is 23.1 Å². The SMILES string of the molecule is C=C(C)C(=O)n1cc(C=O)c2ccccc21. The number of fused-ring (bicyclic) bond motifs is 1. The summed E-state index contributed by atoms with van der Waals surface area (Å²) in [6.45, 7) is 5.27. The second kappa shape index (κ2) is 3.77. The van der Waals surface area contributed by atoms with Crippen LogP contribution in [0.1, 0.15) is 22.1 Å². The molecule has 0 aliphatic rings. The van der Waals surface area contributed by atoms with Crippen LogP contribution in [0.25, 0.3) is 10.9 Å². The molecule has 2 aromatic rings. The van der Waals surface area contributed by atoms with Crippen LogP contribution in [0.4, 0.5) is 0 Å². The zero-order valence-electron chi connectivity index (χ0n) is 8.93. The molecule has 0 fully saturated rings. The molecule has 0 atom stereocenters. The zero-order chi connectivity index (χ0) is 11.7. The zero-order valence-corrected chi connectivity index (χ0v) is 8.93. The topological polar surface area (TPSA) is 39.1 Å². The molecule has 0 aliphatic heterocycles. The van der Waals surface area contributed by atoms with E-state index < -0.39 is 0 Å². The van der Waals surface area contributed by atoms with E-state index in [1.165, 1.54) is 4.57 Å². The first-order chi connectivity index (χ1) is 7.65. The Kier molecular flexibility index (Phi) is 2.44. The first kappa shape index (κ1) is 10.4. The van der Waals surface area contributed by atoms with Crippen LogP contribution < -0.4 is 0 Å². The van der Waals surface area contributed by atoms with Crippen LogP contribution >= 0.6 is 0 Å². The van der Waals surface area contributed by atoms with Gasteiger partial charge in [0.15, 0.2) is 6.29 Å². The van der Waals surface area contributed by atoms with E-state index in [2.05, 4.69) is 6.58 Å². The second-order valence-corrected chi connectivity index (χ2v) is 3.67. The predicted octanol–water partition coefficient (Wildman–Crippen LogP) is 2.67. The van der Waals surface area contributed by atoms with Gasteiger partial charge in [-0.1, -0.05) is 24.8 Å². The van der Waals surface area contributed by atoms with Crippen molar-refractivity contribution in [3.63, 3.8) is 0 Å². The van der Waals surface area contributed by atoms with Crippen molar-refractivity contribution in [1.29, 1.82) is 0 Å². The maximum absolute atomic E-state index is 11.8. The van der Waals surface area contributed by atoms with Gasteiger partial charge in [-0.3, -0.25) is 14.2 Å². The van der Waals surface area contributed by atoms with Gasteiger partial charge in [0.05, 0.1) is 5.52 Å². The highest BCUT2D eigenvalue weighted by Gasteiger charge is 2.12. The Bertz CT molecular complexity index is 593. The van der Waals surface area contributed by atoms with Crippen molar-refractivity contribution < 1.29 is 9.59 Å². The summed E-state index contributed by atoms with van der Waals surface area (Å²) in [6, 6.07) is 7.30. The van der Waals surface area contributed by atoms with Gasteiger partial charge in [0.2, 0.25) is 0 Å². The quantitative estimate of drug-likeness (QED) is 0.568. The number of hydrogen-bond donors (Lipinski definition) is 0. The number of rotatable bonds is 2. The highest BCUT2D eigenvalue weighted by atomic mass is 16.2. The number of aromatic nitrogens is 1. The molecule has 16 heavy (non-hydrogen) atoms. The molecule has 3 nitrogen and oxygen atoms in total. The van der Waals surface area contributed by atoms with Gasteiger partial charge in [-0.15, -0.1) is 0 Å². The summed E-state index contributed by atoms with van der Waals surface area (Å²) in [4.78, 5) is 22.7. The Morgan fingerprint density at radius 1 is 1.38 bits per heavy atom. The minimum Gasteiger partial charge on any atom is -0.298 e. The lowest BCUT2D eigenvalue weighted by molar-refractivity contribution is 0.0960. The Hall–Kier alpha value is -2.16. The van der Waals surface area contributed by atoms with Gasteiger partial charge in [-0.2, -0.15) is 0 Å². The second-order valence-electron chi connectivity index (χ2n) is 3.67. The highest BCUT2D eigenvalue weighted by Crippen LogP contribution is 2.20. The average Bonchev–Trinajstić information content (AvgIpc) is 2.66. The van der Waals surface area contributed by atoms with Crippen LogP contribution in [-0.2, 0) is 0 Å². The maximum atomic E-state index is 11.8. The first-order valence-corrected chi connectivity index (χ1v) is 4.90. The molecule has 0 N–H and O–H groups in total. The van der Waals surface area contributed by atoms with Gasteiger partial charge in [-0.25, -0.2) is 0 Å². The highest BCUT2D eigenvalue weighted by molar-refractivity contribution is 6.06. The number of carbonyl (C=O) groups is 2. The van der Waals surface area contributed by atoms with Crippen LogP contribution in [0.2, 0.25) is 0 Å². The normalized spacial score (nSPS) is 10.3. The molecule has 0 saturated carbocycles. The van der Waals surface area contributed by atoms with Crippen LogP contribution in [-0.4, -0.2) is 16.8 Å². The summed E-state index contributed by atoms with van der Waals surface area (Å²) < 4.78 is 1.46. The molecular formula is C13H11NO2. The number of allylic oxidation sites excluding steroid dienone is 1. The Morgan fingerprint density at radius 3 is 2.69 bits per heavy atom. The lowest BCUT2D eigenvalue weighted by Crippen LogP contribution is -2.09. The van der Waals surface area contributed by atoms with Crippen LogP contribution in [0.3, 0.4) is 0 Å². The average molecular weight is 213 g/mol. The maximum Gasteiger partial charge on any atom is 0.257 e. The van der Waals surface area contributed by atoms with E-state index in [0.717, 1.165) is 17.2 Å². The molecule has 0 unspecified atom stereocenters. The van der Waals surface area contributed by atoms with Gasteiger partial charge < -0.3 is 0 Å². The van der Waals surface area contributed by atoms with Crippen molar-refractivity contribution in [3.05, 3.63) is 48.2 Å². The molecule has 0 saturated heterocycles. The van der Waals surface area contributed by atoms with Crippen molar-refractivity contribution in [2.75, 3.05) is 0 Å². The fourth-order valence-corrected chi connectivity index (χ4v) is 1.67. The Balaban J connectivity index is 2.76. The fourth-order valence-electron chi connectivity index (χ4n) is 1.67. The summed E-state index contributed by atoms with van der Waals surface area (Å²) in [5.41, 5.74) is 1.70. The molecule has 0 bridgehead atoms. The van der Waals surface area contributed by atoms with Crippen LogP contribution in [0, 0.1) is 0 Å². The smallest absolute Gasteiger partial charge is 0.257 e. The number of nitrogens with zero attached hydrogens (tertiary/aromatic N) is 1. The summed E-state index contributed by atoms with van der Waals surface area (Å²) >= 11 is 0. The fraction of sp³-hybridized carbons (Fsp3) is 0.0769. The molecular weight excluding hydrogens is 202 g/mol. The molecule has 80 valence electrons. The summed E-state index contributed by atoms with van der Waals surface area (Å²) in [5, 5.41) is 0.784. The van der Waals surface area contributed by atoms with Crippen molar-refractivity contribution in [2.24, 2.45) is 0 Å². The number of aldehydes is 1. The predicted molar refractivity (Wildman–Crippen MR) is 62.8 cm³/mol. The van der Waals surface area contributed by atoms with Gasteiger partial charge >= 0.3 is 0 Å². The van der Waals surface area contributed by atoms with E-state index in [9.17, 15) is 9.59 Å². The number of carbonyl (C=O) groups excluding carboxylic acids is 2. The third-order valence-corrected chi connectivity index (χ3v) is 2.45. The molecule has 3 heteroatoms. The lowest BCUT2D eigenvalue weighted by atomic mass is 10.2. The van der Waals surface area contributed by atoms with Crippen molar-refractivity contribution in [1.82, 2.24) is 4.57 Å². The lowest BCUT2D eigenvalue weighted by Gasteiger charge is -2.02.